The fourth-order valence-electron chi connectivity index (χ4n) is 0.782. The van der Waals surface area contributed by atoms with Crippen molar-refractivity contribution in [2.45, 2.75) is 6.04 Å². The van der Waals surface area contributed by atoms with Gasteiger partial charge in [-0.15, -0.1) is 6.58 Å². The second kappa shape index (κ2) is 4.16. The van der Waals surface area contributed by atoms with Gasteiger partial charge in [0.15, 0.2) is 0 Å². The van der Waals surface area contributed by atoms with Crippen LogP contribution < -0.4 is 5.73 Å². The normalized spacial score (nSPS) is 12.6. The third kappa shape index (κ3) is 2.15. The van der Waals surface area contributed by atoms with Gasteiger partial charge in [0.05, 0.1) is 11.7 Å². The number of aromatic nitrogens is 1. The minimum atomic E-state index is -0.215. The summed E-state index contributed by atoms with van der Waals surface area (Å²) in [5.74, 6) is 0. The summed E-state index contributed by atoms with van der Waals surface area (Å²) in [4.78, 5) is 4.16. The van der Waals surface area contributed by atoms with Crippen molar-refractivity contribution in [3.05, 3.63) is 39.6 Å². The van der Waals surface area contributed by atoms with E-state index in [1.807, 2.05) is 6.07 Å². The van der Waals surface area contributed by atoms with Crippen LogP contribution in [0.4, 0.5) is 0 Å². The minimum Gasteiger partial charge on any atom is -0.319 e. The zero-order chi connectivity index (χ0) is 9.14. The topological polar surface area (TPSA) is 38.9 Å². The van der Waals surface area contributed by atoms with E-state index >= 15 is 0 Å². The first-order valence-electron chi connectivity index (χ1n) is 3.34. The van der Waals surface area contributed by atoms with Crippen molar-refractivity contribution in [3.8, 4) is 0 Å². The maximum atomic E-state index is 5.72. The van der Waals surface area contributed by atoms with E-state index < -0.39 is 0 Å². The highest BCUT2D eigenvalue weighted by Gasteiger charge is 2.07. The van der Waals surface area contributed by atoms with Crippen molar-refractivity contribution < 1.29 is 0 Å². The third-order valence-corrected chi connectivity index (χ3v) is 2.47. The molecule has 12 heavy (non-hydrogen) atoms. The molecule has 0 bridgehead atoms. The first-order chi connectivity index (χ1) is 5.65. The van der Waals surface area contributed by atoms with Gasteiger partial charge in [0.1, 0.15) is 0 Å². The molecule has 1 rings (SSSR count). The van der Waals surface area contributed by atoms with Crippen LogP contribution in [0.3, 0.4) is 0 Å². The summed E-state index contributed by atoms with van der Waals surface area (Å²) in [5, 5.41) is 0. The lowest BCUT2D eigenvalue weighted by Gasteiger charge is -2.07. The maximum Gasteiger partial charge on any atom is 0.0752 e. The molecule has 0 aromatic carbocycles. The molecule has 0 spiro atoms. The lowest BCUT2D eigenvalue weighted by molar-refractivity contribution is 0.855. The largest absolute Gasteiger partial charge is 0.319 e. The second-order valence-electron chi connectivity index (χ2n) is 2.28. The molecule has 0 aliphatic heterocycles. The van der Waals surface area contributed by atoms with Gasteiger partial charge in [0.25, 0.3) is 0 Å². The van der Waals surface area contributed by atoms with E-state index in [0.717, 1.165) is 14.6 Å². The molecule has 4 heteroatoms. The van der Waals surface area contributed by atoms with Crippen molar-refractivity contribution in [3.63, 3.8) is 0 Å². The molecule has 0 saturated carbocycles. The molecule has 0 unspecified atom stereocenters. The van der Waals surface area contributed by atoms with Crippen LogP contribution in [0.1, 0.15) is 11.7 Å². The van der Waals surface area contributed by atoms with Gasteiger partial charge in [-0.3, -0.25) is 4.98 Å². The summed E-state index contributed by atoms with van der Waals surface area (Å²) in [6, 6.07) is 1.69. The fourth-order valence-corrected chi connectivity index (χ4v) is 2.03. The van der Waals surface area contributed by atoms with E-state index in [2.05, 4.69) is 43.4 Å². The summed E-state index contributed by atoms with van der Waals surface area (Å²) in [5.41, 5.74) is 6.52. The first kappa shape index (κ1) is 9.89. The Morgan fingerprint density at radius 1 is 1.58 bits per heavy atom. The number of rotatable bonds is 2. The highest BCUT2D eigenvalue weighted by Crippen LogP contribution is 2.23. The molecule has 0 aliphatic carbocycles. The predicted molar refractivity (Wildman–Crippen MR) is 56.8 cm³/mol. The molecule has 0 radical (unpaired) electrons. The number of nitrogens with two attached hydrogens (primary N) is 1. The molecule has 1 aromatic rings. The van der Waals surface area contributed by atoms with Gasteiger partial charge >= 0.3 is 0 Å². The van der Waals surface area contributed by atoms with Gasteiger partial charge in [-0.1, -0.05) is 6.08 Å². The summed E-state index contributed by atoms with van der Waals surface area (Å²) in [6.45, 7) is 3.60. The lowest BCUT2D eigenvalue weighted by Crippen LogP contribution is -2.09. The molecule has 0 amide bonds. The SMILES string of the molecule is C=C[C@@H](N)c1ncc(Br)cc1Br. The van der Waals surface area contributed by atoms with Crippen LogP contribution in [0.2, 0.25) is 0 Å². The van der Waals surface area contributed by atoms with Crippen molar-refractivity contribution in [1.29, 1.82) is 0 Å². The van der Waals surface area contributed by atoms with Crippen LogP contribution in [0.5, 0.6) is 0 Å². The Hall–Kier alpha value is -0.190. The van der Waals surface area contributed by atoms with E-state index in [1.165, 1.54) is 0 Å². The van der Waals surface area contributed by atoms with Crippen LogP contribution >= 0.6 is 31.9 Å². The molecule has 2 nitrogen and oxygen atoms in total. The standard InChI is InChI=1S/C8H8Br2N2/c1-2-7(11)8-6(10)3-5(9)4-12-8/h2-4,7H,1,11H2/t7-/m1/s1. The number of halogens is 2. The van der Waals surface area contributed by atoms with Crippen LogP contribution in [0, 0.1) is 0 Å². The molecule has 1 atom stereocenters. The zero-order valence-electron chi connectivity index (χ0n) is 6.30. The van der Waals surface area contributed by atoms with Crippen molar-refractivity contribution in [1.82, 2.24) is 4.98 Å². The average molecular weight is 292 g/mol. The molecule has 1 aromatic heterocycles. The Kier molecular flexibility index (Phi) is 3.43. The Balaban J connectivity index is 3.09. The van der Waals surface area contributed by atoms with Crippen molar-refractivity contribution in [2.75, 3.05) is 0 Å². The van der Waals surface area contributed by atoms with Gasteiger partial charge in [-0.05, 0) is 37.9 Å². The molecular formula is C8H8Br2N2. The van der Waals surface area contributed by atoms with E-state index in [-0.39, 0.29) is 6.04 Å². The summed E-state index contributed by atoms with van der Waals surface area (Å²) >= 11 is 6.68. The molecular weight excluding hydrogens is 284 g/mol. The van der Waals surface area contributed by atoms with Crippen LogP contribution in [-0.4, -0.2) is 4.98 Å². The quantitative estimate of drug-likeness (QED) is 0.851. The van der Waals surface area contributed by atoms with E-state index in [1.54, 1.807) is 12.3 Å². The van der Waals surface area contributed by atoms with E-state index in [9.17, 15) is 0 Å². The third-order valence-electron chi connectivity index (χ3n) is 1.41. The summed E-state index contributed by atoms with van der Waals surface area (Å²) in [6.07, 6.45) is 3.37. The average Bonchev–Trinajstić information content (AvgIpc) is 2.03. The van der Waals surface area contributed by atoms with Gasteiger partial charge in [-0.2, -0.15) is 0 Å². The van der Waals surface area contributed by atoms with Gasteiger partial charge < -0.3 is 5.73 Å². The Morgan fingerprint density at radius 3 is 2.75 bits per heavy atom. The Morgan fingerprint density at radius 2 is 2.25 bits per heavy atom. The van der Waals surface area contributed by atoms with Crippen LogP contribution in [0.15, 0.2) is 33.9 Å². The highest BCUT2D eigenvalue weighted by atomic mass is 79.9. The lowest BCUT2D eigenvalue weighted by atomic mass is 10.2. The van der Waals surface area contributed by atoms with Gasteiger partial charge in [0.2, 0.25) is 0 Å². The highest BCUT2D eigenvalue weighted by molar-refractivity contribution is 9.11. The zero-order valence-corrected chi connectivity index (χ0v) is 9.47. The number of hydrogen-bond acceptors (Lipinski definition) is 2. The maximum absolute atomic E-state index is 5.72. The molecule has 1 heterocycles. The van der Waals surface area contributed by atoms with E-state index in [0.29, 0.717) is 0 Å². The molecule has 0 aliphatic rings. The Bertz CT molecular complexity index is 299. The molecule has 2 N–H and O–H groups in total. The number of pyridine rings is 1. The number of nitrogens with zero attached hydrogens (tertiary/aromatic N) is 1. The van der Waals surface area contributed by atoms with Crippen molar-refractivity contribution in [2.24, 2.45) is 5.73 Å². The van der Waals surface area contributed by atoms with Gasteiger partial charge in [0, 0.05) is 15.1 Å². The summed E-state index contributed by atoms with van der Waals surface area (Å²) < 4.78 is 1.82. The molecule has 0 saturated heterocycles. The Labute approximate surface area is 88.1 Å². The van der Waals surface area contributed by atoms with Gasteiger partial charge in [-0.25, -0.2) is 0 Å². The van der Waals surface area contributed by atoms with E-state index in [4.69, 9.17) is 5.73 Å². The van der Waals surface area contributed by atoms with Crippen LogP contribution in [0.25, 0.3) is 0 Å². The monoisotopic (exact) mass is 290 g/mol. The first-order valence-corrected chi connectivity index (χ1v) is 4.93. The minimum absolute atomic E-state index is 0.215. The van der Waals surface area contributed by atoms with Crippen molar-refractivity contribution >= 4 is 31.9 Å². The summed E-state index contributed by atoms with van der Waals surface area (Å²) in [7, 11) is 0. The second-order valence-corrected chi connectivity index (χ2v) is 4.05. The predicted octanol–water partition coefficient (Wildman–Crippen LogP) is 2.79. The molecule has 64 valence electrons. The molecule has 0 fully saturated rings. The number of hydrogen-bond donors (Lipinski definition) is 1. The fraction of sp³-hybridized carbons (Fsp3) is 0.125. The smallest absolute Gasteiger partial charge is 0.0752 e. The van der Waals surface area contributed by atoms with Crippen LogP contribution in [-0.2, 0) is 0 Å².